The van der Waals surface area contributed by atoms with Crippen LogP contribution in [0, 0.1) is 0 Å². The third-order valence-electron chi connectivity index (χ3n) is 5.54. The van der Waals surface area contributed by atoms with E-state index in [4.69, 9.17) is 9.47 Å². The zero-order valence-corrected chi connectivity index (χ0v) is 17.8. The van der Waals surface area contributed by atoms with Gasteiger partial charge in [-0.3, -0.25) is 9.69 Å². The van der Waals surface area contributed by atoms with Gasteiger partial charge in [-0.15, -0.1) is 0 Å². The lowest BCUT2D eigenvalue weighted by molar-refractivity contribution is 0.136. The van der Waals surface area contributed by atoms with Crippen molar-refractivity contribution in [2.24, 2.45) is 0 Å². The van der Waals surface area contributed by atoms with Gasteiger partial charge >= 0.3 is 0 Å². The lowest BCUT2D eigenvalue weighted by atomic mass is 10.0. The van der Waals surface area contributed by atoms with Crippen molar-refractivity contribution in [2.45, 2.75) is 26.3 Å². The van der Waals surface area contributed by atoms with E-state index >= 15 is 0 Å². The Hall–Kier alpha value is -2.37. The van der Waals surface area contributed by atoms with Gasteiger partial charge < -0.3 is 14.4 Å². The molecule has 1 saturated heterocycles. The van der Waals surface area contributed by atoms with Crippen LogP contribution in [0.5, 0.6) is 5.75 Å². The molecule has 29 heavy (non-hydrogen) atoms. The number of piperazine rings is 1. The summed E-state index contributed by atoms with van der Waals surface area (Å²) in [5, 5.41) is 0. The number of ether oxygens (including phenoxy) is 2. The summed E-state index contributed by atoms with van der Waals surface area (Å²) in [7, 11) is 1.69. The molecule has 1 atom stereocenters. The summed E-state index contributed by atoms with van der Waals surface area (Å²) in [6.07, 6.45) is 0. The van der Waals surface area contributed by atoms with Crippen LogP contribution in [0.25, 0.3) is 0 Å². The molecular weight excluding hydrogens is 364 g/mol. The van der Waals surface area contributed by atoms with E-state index in [0.29, 0.717) is 19.8 Å². The largest absolute Gasteiger partial charge is 0.497 e. The molecule has 3 rings (SSSR count). The molecule has 1 aliphatic heterocycles. The molecule has 1 aliphatic rings. The van der Waals surface area contributed by atoms with Gasteiger partial charge in [-0.05, 0) is 31.2 Å². The van der Waals surface area contributed by atoms with Crippen LogP contribution < -0.4 is 15.1 Å². The van der Waals surface area contributed by atoms with Gasteiger partial charge in [-0.2, -0.15) is 0 Å². The van der Waals surface area contributed by atoms with Gasteiger partial charge in [0.25, 0.3) is 0 Å². The van der Waals surface area contributed by atoms with E-state index in [0.717, 1.165) is 43.1 Å². The Morgan fingerprint density at radius 3 is 2.34 bits per heavy atom. The number of hydrogen-bond donors (Lipinski definition) is 0. The van der Waals surface area contributed by atoms with Crippen LogP contribution in [0.15, 0.2) is 53.3 Å². The fourth-order valence-corrected chi connectivity index (χ4v) is 3.76. The van der Waals surface area contributed by atoms with Crippen molar-refractivity contribution in [3.05, 3.63) is 69.9 Å². The number of rotatable bonds is 8. The third kappa shape index (κ3) is 5.58. The maximum absolute atomic E-state index is 13.1. The van der Waals surface area contributed by atoms with Crippen LogP contribution in [0.1, 0.15) is 30.9 Å². The molecular formula is C24H32N2O3. The fourth-order valence-electron chi connectivity index (χ4n) is 3.76. The third-order valence-corrected chi connectivity index (χ3v) is 5.54. The number of benzene rings is 1. The highest BCUT2D eigenvalue weighted by molar-refractivity contribution is 5.49. The molecule has 0 amide bonds. The Morgan fingerprint density at radius 1 is 1.00 bits per heavy atom. The Morgan fingerprint density at radius 2 is 1.69 bits per heavy atom. The SMILES string of the molecule is CCOCC(C)c1ccccc(CN2CCN(c3ccc(OC)cc3)CC2)c1=O. The first-order chi connectivity index (χ1) is 14.1. The van der Waals surface area contributed by atoms with Gasteiger partial charge in [0.15, 0.2) is 5.43 Å². The van der Waals surface area contributed by atoms with Crippen molar-refractivity contribution >= 4 is 5.69 Å². The smallest absolute Gasteiger partial charge is 0.186 e. The van der Waals surface area contributed by atoms with E-state index in [1.807, 2.05) is 43.3 Å². The van der Waals surface area contributed by atoms with Crippen LogP contribution in [0.2, 0.25) is 0 Å². The Balaban J connectivity index is 1.64. The summed E-state index contributed by atoms with van der Waals surface area (Å²) < 4.78 is 10.8. The second-order valence-corrected chi connectivity index (χ2v) is 7.55. The molecule has 5 nitrogen and oxygen atoms in total. The second-order valence-electron chi connectivity index (χ2n) is 7.55. The first-order valence-electron chi connectivity index (χ1n) is 10.4. The molecule has 0 radical (unpaired) electrons. The second kappa shape index (κ2) is 10.4. The van der Waals surface area contributed by atoms with Crippen molar-refractivity contribution in [2.75, 3.05) is 51.4 Å². The van der Waals surface area contributed by atoms with Gasteiger partial charge in [0.1, 0.15) is 5.75 Å². The van der Waals surface area contributed by atoms with Gasteiger partial charge in [-0.25, -0.2) is 0 Å². The van der Waals surface area contributed by atoms with E-state index in [1.54, 1.807) is 7.11 Å². The van der Waals surface area contributed by atoms with Gasteiger partial charge in [0.05, 0.1) is 13.7 Å². The first kappa shape index (κ1) is 21.3. The molecule has 1 heterocycles. The molecule has 1 fully saturated rings. The minimum atomic E-state index is 0.0977. The number of nitrogens with zero attached hydrogens (tertiary/aromatic N) is 2. The predicted octanol–water partition coefficient (Wildman–Crippen LogP) is 3.52. The van der Waals surface area contributed by atoms with E-state index < -0.39 is 0 Å². The fraction of sp³-hybridized carbons (Fsp3) is 0.458. The van der Waals surface area contributed by atoms with Crippen LogP contribution in [0.4, 0.5) is 5.69 Å². The Labute approximate surface area is 173 Å². The molecule has 5 heteroatoms. The maximum atomic E-state index is 13.1. The van der Waals surface area contributed by atoms with E-state index in [2.05, 4.69) is 28.9 Å². The monoisotopic (exact) mass is 396 g/mol. The molecule has 0 aromatic heterocycles. The van der Waals surface area contributed by atoms with E-state index in [-0.39, 0.29) is 11.3 Å². The molecule has 0 bridgehead atoms. The minimum Gasteiger partial charge on any atom is -0.497 e. The lowest BCUT2D eigenvalue weighted by Crippen LogP contribution is -2.46. The van der Waals surface area contributed by atoms with Crippen molar-refractivity contribution < 1.29 is 9.47 Å². The molecule has 2 aromatic rings. The molecule has 0 saturated carbocycles. The summed E-state index contributed by atoms with van der Waals surface area (Å²) in [6.45, 7) is 9.76. The molecule has 1 unspecified atom stereocenters. The van der Waals surface area contributed by atoms with Crippen molar-refractivity contribution in [3.8, 4) is 5.75 Å². The first-order valence-corrected chi connectivity index (χ1v) is 10.4. The topological polar surface area (TPSA) is 42.0 Å². The maximum Gasteiger partial charge on any atom is 0.186 e. The van der Waals surface area contributed by atoms with E-state index in [9.17, 15) is 4.79 Å². The zero-order valence-electron chi connectivity index (χ0n) is 17.8. The van der Waals surface area contributed by atoms with Gasteiger partial charge in [0.2, 0.25) is 0 Å². The highest BCUT2D eigenvalue weighted by atomic mass is 16.5. The van der Waals surface area contributed by atoms with Crippen molar-refractivity contribution in [1.82, 2.24) is 4.90 Å². The van der Waals surface area contributed by atoms with Crippen LogP contribution >= 0.6 is 0 Å². The highest BCUT2D eigenvalue weighted by Gasteiger charge is 2.19. The Kier molecular flexibility index (Phi) is 7.67. The van der Waals surface area contributed by atoms with Crippen molar-refractivity contribution in [1.29, 1.82) is 0 Å². The Bertz CT molecular complexity index is 830. The predicted molar refractivity (Wildman–Crippen MR) is 118 cm³/mol. The van der Waals surface area contributed by atoms with Crippen LogP contribution in [-0.2, 0) is 11.3 Å². The molecule has 0 aliphatic carbocycles. The standard InChI is InChI=1S/C24H32N2O3/c1-4-29-18-19(2)23-8-6-5-7-20(24(23)27)17-25-13-15-26(16-14-25)21-9-11-22(28-3)12-10-21/h5-12,19H,4,13-18H2,1-3H3. The van der Waals surface area contributed by atoms with E-state index in [1.165, 1.54) is 5.69 Å². The van der Waals surface area contributed by atoms with Gasteiger partial charge in [-0.1, -0.05) is 31.2 Å². The quantitative estimate of drug-likeness (QED) is 0.683. The summed E-state index contributed by atoms with van der Waals surface area (Å²) >= 11 is 0. The molecule has 0 spiro atoms. The molecule has 2 aromatic carbocycles. The summed E-state index contributed by atoms with van der Waals surface area (Å²) in [5.74, 6) is 0.974. The average Bonchev–Trinajstić information content (AvgIpc) is 2.94. The zero-order chi connectivity index (χ0) is 20.6. The summed E-state index contributed by atoms with van der Waals surface area (Å²) in [5.41, 5.74) is 3.08. The molecule has 0 N–H and O–H groups in total. The number of methoxy groups -OCH3 is 1. The summed E-state index contributed by atoms with van der Waals surface area (Å²) in [4.78, 5) is 17.8. The minimum absolute atomic E-state index is 0.0977. The number of hydrogen-bond acceptors (Lipinski definition) is 5. The van der Waals surface area contributed by atoms with Crippen LogP contribution in [-0.4, -0.2) is 51.4 Å². The molecule has 156 valence electrons. The summed E-state index contributed by atoms with van der Waals surface area (Å²) in [6, 6.07) is 16.1. The van der Waals surface area contributed by atoms with Crippen LogP contribution in [0.3, 0.4) is 0 Å². The average molecular weight is 397 g/mol. The lowest BCUT2D eigenvalue weighted by Gasteiger charge is -2.36. The highest BCUT2D eigenvalue weighted by Crippen LogP contribution is 2.21. The van der Waals surface area contributed by atoms with Gasteiger partial charge in [0, 0.05) is 62.1 Å². The number of anilines is 1. The normalized spacial score (nSPS) is 15.9. The van der Waals surface area contributed by atoms with Crippen molar-refractivity contribution in [3.63, 3.8) is 0 Å².